The molecule has 0 atom stereocenters. The normalized spacial score (nSPS) is 10.8. The van der Waals surface area contributed by atoms with Crippen LogP contribution in [0.25, 0.3) is 0 Å². The number of hydrogen-bond donors (Lipinski definition) is 1. The Morgan fingerprint density at radius 3 is 2.80 bits per heavy atom. The van der Waals surface area contributed by atoms with Gasteiger partial charge in [0.25, 0.3) is 0 Å². The molecule has 2 aromatic rings. The fourth-order valence-electron chi connectivity index (χ4n) is 2.23. The largest absolute Gasteiger partial charge is 0.372 e. The van der Waals surface area contributed by atoms with Gasteiger partial charge in [-0.15, -0.1) is 11.3 Å². The lowest BCUT2D eigenvalue weighted by Crippen LogP contribution is -2.24. The lowest BCUT2D eigenvalue weighted by atomic mass is 10.1. The van der Waals surface area contributed by atoms with Gasteiger partial charge in [0.15, 0.2) is 0 Å². The fraction of sp³-hybridized carbons (Fsp3) is 0.375. The molecule has 2 nitrogen and oxygen atoms in total. The monoisotopic (exact) mass is 292 g/mol. The van der Waals surface area contributed by atoms with E-state index in [-0.39, 0.29) is 5.82 Å². The van der Waals surface area contributed by atoms with E-state index < -0.39 is 0 Å². The number of nitrogens with one attached hydrogen (secondary N) is 1. The van der Waals surface area contributed by atoms with Gasteiger partial charge in [-0.3, -0.25) is 0 Å². The maximum absolute atomic E-state index is 14.1. The molecule has 0 saturated carbocycles. The van der Waals surface area contributed by atoms with E-state index in [2.05, 4.69) is 29.8 Å². The molecule has 20 heavy (non-hydrogen) atoms. The van der Waals surface area contributed by atoms with E-state index in [9.17, 15) is 4.39 Å². The third-order valence-corrected chi connectivity index (χ3v) is 4.23. The van der Waals surface area contributed by atoms with Crippen LogP contribution in [0.5, 0.6) is 0 Å². The Morgan fingerprint density at radius 1 is 1.25 bits per heavy atom. The number of benzene rings is 1. The number of hydrogen-bond acceptors (Lipinski definition) is 3. The molecule has 0 aliphatic carbocycles. The fourth-order valence-corrected chi connectivity index (χ4v) is 2.93. The Bertz CT molecular complexity index is 525. The summed E-state index contributed by atoms with van der Waals surface area (Å²) >= 11 is 1.75. The second-order valence-corrected chi connectivity index (χ2v) is 5.81. The van der Waals surface area contributed by atoms with Crippen molar-refractivity contribution in [1.29, 1.82) is 0 Å². The number of nitrogens with zero attached hydrogens (tertiary/aromatic N) is 1. The van der Waals surface area contributed by atoms with E-state index in [1.165, 1.54) is 10.9 Å². The average molecular weight is 292 g/mol. The van der Waals surface area contributed by atoms with Crippen molar-refractivity contribution in [3.05, 3.63) is 52.0 Å². The summed E-state index contributed by atoms with van der Waals surface area (Å²) < 4.78 is 14.1. The minimum atomic E-state index is -0.144. The first kappa shape index (κ1) is 15.0. The van der Waals surface area contributed by atoms with E-state index in [1.807, 2.05) is 18.0 Å². The van der Waals surface area contributed by atoms with Crippen LogP contribution in [0.2, 0.25) is 0 Å². The van der Waals surface area contributed by atoms with Crippen molar-refractivity contribution < 1.29 is 4.39 Å². The zero-order chi connectivity index (χ0) is 14.4. The van der Waals surface area contributed by atoms with Gasteiger partial charge in [0.2, 0.25) is 0 Å². The van der Waals surface area contributed by atoms with Crippen LogP contribution in [0.1, 0.15) is 17.4 Å². The molecule has 1 aromatic carbocycles. The molecule has 108 valence electrons. The van der Waals surface area contributed by atoms with Crippen molar-refractivity contribution in [2.45, 2.75) is 19.9 Å². The van der Waals surface area contributed by atoms with Gasteiger partial charge in [0, 0.05) is 25.0 Å². The van der Waals surface area contributed by atoms with Crippen molar-refractivity contribution in [2.75, 3.05) is 25.0 Å². The van der Waals surface area contributed by atoms with E-state index >= 15 is 0 Å². The van der Waals surface area contributed by atoms with Crippen LogP contribution in [-0.2, 0) is 13.0 Å². The number of para-hydroxylation sites is 1. The van der Waals surface area contributed by atoms with Crippen molar-refractivity contribution in [1.82, 2.24) is 5.32 Å². The van der Waals surface area contributed by atoms with Crippen LogP contribution in [0.15, 0.2) is 35.7 Å². The quantitative estimate of drug-likeness (QED) is 0.837. The molecule has 0 aliphatic heterocycles. The lowest BCUT2D eigenvalue weighted by Gasteiger charge is -2.23. The first-order valence-corrected chi connectivity index (χ1v) is 7.82. The molecular weight excluding hydrogens is 271 g/mol. The molecule has 0 bridgehead atoms. The van der Waals surface area contributed by atoms with Crippen molar-refractivity contribution in [3.63, 3.8) is 0 Å². The highest BCUT2D eigenvalue weighted by atomic mass is 32.1. The van der Waals surface area contributed by atoms with Crippen LogP contribution >= 0.6 is 11.3 Å². The van der Waals surface area contributed by atoms with Gasteiger partial charge >= 0.3 is 0 Å². The smallest absolute Gasteiger partial charge is 0.146 e. The summed E-state index contributed by atoms with van der Waals surface area (Å²) in [6.45, 7) is 4.46. The summed E-state index contributed by atoms with van der Waals surface area (Å²) in [4.78, 5) is 3.35. The molecule has 0 aliphatic rings. The Labute approximate surface area is 124 Å². The summed E-state index contributed by atoms with van der Waals surface area (Å²) in [6.07, 6.45) is 0.948. The Hall–Kier alpha value is -1.39. The number of halogens is 1. The predicted molar refractivity (Wildman–Crippen MR) is 85.1 cm³/mol. The minimum Gasteiger partial charge on any atom is -0.372 e. The lowest BCUT2D eigenvalue weighted by molar-refractivity contribution is 0.616. The van der Waals surface area contributed by atoms with Gasteiger partial charge in [-0.2, -0.15) is 0 Å². The van der Waals surface area contributed by atoms with Crippen LogP contribution < -0.4 is 10.2 Å². The standard InChI is InChI=1S/C16H21FN2S/c1-3-18-12-13-6-4-8-15(17)16(13)19(2)10-9-14-7-5-11-20-14/h4-8,11,18H,3,9-10,12H2,1-2H3. The molecule has 4 heteroatoms. The van der Waals surface area contributed by atoms with E-state index in [1.54, 1.807) is 17.4 Å². The van der Waals surface area contributed by atoms with E-state index in [0.717, 1.165) is 25.1 Å². The topological polar surface area (TPSA) is 15.3 Å². The molecule has 0 unspecified atom stereocenters. The molecule has 0 fully saturated rings. The summed E-state index contributed by atoms with van der Waals surface area (Å²) in [5.41, 5.74) is 1.73. The van der Waals surface area contributed by atoms with Gasteiger partial charge in [-0.25, -0.2) is 4.39 Å². The SMILES string of the molecule is CCNCc1cccc(F)c1N(C)CCc1cccs1. The van der Waals surface area contributed by atoms with Crippen molar-refractivity contribution in [3.8, 4) is 0 Å². The highest BCUT2D eigenvalue weighted by molar-refractivity contribution is 7.09. The molecule has 0 spiro atoms. The first-order chi connectivity index (χ1) is 9.72. The van der Waals surface area contributed by atoms with E-state index in [0.29, 0.717) is 12.2 Å². The molecular formula is C16H21FN2S. The third kappa shape index (κ3) is 3.81. The van der Waals surface area contributed by atoms with Gasteiger partial charge in [-0.05, 0) is 36.0 Å². The Morgan fingerprint density at radius 2 is 2.10 bits per heavy atom. The maximum Gasteiger partial charge on any atom is 0.146 e. The highest BCUT2D eigenvalue weighted by Crippen LogP contribution is 2.24. The predicted octanol–water partition coefficient (Wildman–Crippen LogP) is 3.68. The molecule has 0 amide bonds. The van der Waals surface area contributed by atoms with Crippen LogP contribution in [0.3, 0.4) is 0 Å². The highest BCUT2D eigenvalue weighted by Gasteiger charge is 2.12. The third-order valence-electron chi connectivity index (χ3n) is 3.29. The maximum atomic E-state index is 14.1. The van der Waals surface area contributed by atoms with Gasteiger partial charge in [0.05, 0.1) is 5.69 Å². The molecule has 1 heterocycles. The second kappa shape index (κ2) is 7.41. The molecule has 0 saturated heterocycles. The number of thiophene rings is 1. The molecule has 1 aromatic heterocycles. The average Bonchev–Trinajstić information content (AvgIpc) is 2.96. The Kier molecular flexibility index (Phi) is 5.56. The first-order valence-electron chi connectivity index (χ1n) is 6.94. The number of anilines is 1. The molecule has 2 rings (SSSR count). The molecule has 1 N–H and O–H groups in total. The van der Waals surface area contributed by atoms with Gasteiger partial charge in [0.1, 0.15) is 5.82 Å². The minimum absolute atomic E-state index is 0.144. The Balaban J connectivity index is 2.09. The summed E-state index contributed by atoms with van der Waals surface area (Å²) in [7, 11) is 1.96. The number of rotatable bonds is 7. The zero-order valence-electron chi connectivity index (χ0n) is 12.0. The number of likely N-dealkylation sites (N-methyl/N-ethyl adjacent to an activating group) is 1. The van der Waals surface area contributed by atoms with Gasteiger partial charge < -0.3 is 10.2 Å². The zero-order valence-corrected chi connectivity index (χ0v) is 12.8. The molecule has 0 radical (unpaired) electrons. The van der Waals surface area contributed by atoms with Crippen LogP contribution in [-0.4, -0.2) is 20.1 Å². The van der Waals surface area contributed by atoms with E-state index in [4.69, 9.17) is 0 Å². The van der Waals surface area contributed by atoms with Crippen molar-refractivity contribution >= 4 is 17.0 Å². The van der Waals surface area contributed by atoms with Crippen LogP contribution in [0, 0.1) is 5.82 Å². The summed E-state index contributed by atoms with van der Waals surface area (Å²) in [5.74, 6) is -0.144. The second-order valence-electron chi connectivity index (χ2n) is 4.78. The van der Waals surface area contributed by atoms with Crippen molar-refractivity contribution in [2.24, 2.45) is 0 Å². The summed E-state index contributed by atoms with van der Waals surface area (Å²) in [5, 5.41) is 5.34. The van der Waals surface area contributed by atoms with Gasteiger partial charge in [-0.1, -0.05) is 25.1 Å². The summed E-state index contributed by atoms with van der Waals surface area (Å²) in [6, 6.07) is 9.48. The van der Waals surface area contributed by atoms with Crippen LogP contribution in [0.4, 0.5) is 10.1 Å².